The number of hydrogen-bond acceptors (Lipinski definition) is 7. The zero-order valence-electron chi connectivity index (χ0n) is 14.8. The van der Waals surface area contributed by atoms with E-state index < -0.39 is 41.0 Å². The van der Waals surface area contributed by atoms with Crippen molar-refractivity contribution in [2.45, 2.75) is 24.5 Å². The molecule has 1 aliphatic heterocycles. The second-order valence-corrected chi connectivity index (χ2v) is 7.77. The van der Waals surface area contributed by atoms with E-state index in [0.29, 0.717) is 21.7 Å². The summed E-state index contributed by atoms with van der Waals surface area (Å²) in [4.78, 5) is 16.1. The Hall–Kier alpha value is -2.64. The molecule has 2 aromatic heterocycles. The van der Waals surface area contributed by atoms with Gasteiger partial charge in [-0.2, -0.15) is 36.5 Å². The van der Waals surface area contributed by atoms with Crippen LogP contribution in [0.1, 0.15) is 6.42 Å². The lowest BCUT2D eigenvalue weighted by molar-refractivity contribution is -0.255. The van der Waals surface area contributed by atoms with Crippen LogP contribution in [0.15, 0.2) is 44.0 Å². The molecule has 3 aromatic rings. The van der Waals surface area contributed by atoms with Gasteiger partial charge in [0, 0.05) is 15.8 Å². The normalized spacial score (nSPS) is 19.9. The Bertz CT molecular complexity index is 1270. The van der Waals surface area contributed by atoms with E-state index in [1.54, 1.807) is 0 Å². The number of anilines is 1. The SMILES string of the molecule is O=c1oc2ccc(Cl)cc2cc1-c1csc(N2N=C(C(F)(F)F)C[C@@]2(O)C(F)(F)F)n1. The van der Waals surface area contributed by atoms with E-state index in [2.05, 4.69) is 10.1 Å². The smallest absolute Gasteiger partial charge is 0.422 e. The second kappa shape index (κ2) is 6.93. The average molecular weight is 484 g/mol. The quantitative estimate of drug-likeness (QED) is 0.412. The molecule has 14 heteroatoms. The maximum atomic E-state index is 13.4. The average Bonchev–Trinajstić information content (AvgIpc) is 3.26. The van der Waals surface area contributed by atoms with E-state index in [9.17, 15) is 36.2 Å². The van der Waals surface area contributed by atoms with Crippen molar-refractivity contribution in [2.24, 2.45) is 5.10 Å². The molecule has 3 heterocycles. The van der Waals surface area contributed by atoms with Gasteiger partial charge < -0.3 is 9.52 Å². The summed E-state index contributed by atoms with van der Waals surface area (Å²) in [5.41, 5.74) is -6.78. The molecule has 0 amide bonds. The van der Waals surface area contributed by atoms with Crippen LogP contribution in [-0.2, 0) is 0 Å². The van der Waals surface area contributed by atoms with Crippen molar-refractivity contribution < 1.29 is 35.9 Å². The standard InChI is InChI=1S/C17H8ClF6N3O3S/c18-8-1-2-11-7(3-8)4-9(13(28)30-11)10-6-31-14(25-10)27-15(29,17(22,23)24)5-12(26-27)16(19,20)21/h1-4,6,29H,5H2/t15-/m1/s1. The highest BCUT2D eigenvalue weighted by molar-refractivity contribution is 7.14. The molecule has 31 heavy (non-hydrogen) atoms. The molecular weight excluding hydrogens is 476 g/mol. The molecule has 0 aliphatic carbocycles. The summed E-state index contributed by atoms with van der Waals surface area (Å²) in [5.74, 6) is 0. The van der Waals surface area contributed by atoms with Crippen molar-refractivity contribution in [3.8, 4) is 11.3 Å². The Kier molecular flexibility index (Phi) is 4.83. The number of hydrazone groups is 1. The van der Waals surface area contributed by atoms with Crippen molar-refractivity contribution in [1.29, 1.82) is 0 Å². The van der Waals surface area contributed by atoms with Crippen LogP contribution in [0.3, 0.4) is 0 Å². The molecule has 0 fully saturated rings. The summed E-state index contributed by atoms with van der Waals surface area (Å²) in [6.45, 7) is 0. The number of thiazole rings is 1. The first-order valence-electron chi connectivity index (χ1n) is 8.23. The third-order valence-corrected chi connectivity index (χ3v) is 5.46. The van der Waals surface area contributed by atoms with Crippen LogP contribution >= 0.6 is 22.9 Å². The number of hydrogen-bond donors (Lipinski definition) is 1. The van der Waals surface area contributed by atoms with E-state index in [0.717, 1.165) is 5.38 Å². The monoisotopic (exact) mass is 483 g/mol. The Morgan fingerprint density at radius 3 is 2.55 bits per heavy atom. The Labute approximate surface area is 177 Å². The van der Waals surface area contributed by atoms with Gasteiger partial charge in [-0.1, -0.05) is 11.6 Å². The number of nitrogens with zero attached hydrogens (tertiary/aromatic N) is 3. The zero-order valence-corrected chi connectivity index (χ0v) is 16.3. The highest BCUT2D eigenvalue weighted by Gasteiger charge is 2.65. The molecule has 1 aromatic carbocycles. The topological polar surface area (TPSA) is 78.9 Å². The van der Waals surface area contributed by atoms with Gasteiger partial charge >= 0.3 is 18.0 Å². The molecule has 1 atom stereocenters. The third kappa shape index (κ3) is 3.66. The van der Waals surface area contributed by atoms with Gasteiger partial charge in [-0.15, -0.1) is 11.3 Å². The first kappa shape index (κ1) is 21.6. The van der Waals surface area contributed by atoms with Crippen molar-refractivity contribution in [2.75, 3.05) is 5.01 Å². The number of aliphatic hydroxyl groups is 1. The molecule has 0 saturated heterocycles. The molecule has 6 nitrogen and oxygen atoms in total. The van der Waals surface area contributed by atoms with Crippen LogP contribution in [0.25, 0.3) is 22.2 Å². The van der Waals surface area contributed by atoms with Crippen molar-refractivity contribution in [1.82, 2.24) is 4.98 Å². The maximum absolute atomic E-state index is 13.4. The lowest BCUT2D eigenvalue weighted by Crippen LogP contribution is -2.55. The van der Waals surface area contributed by atoms with Crippen molar-refractivity contribution in [3.05, 3.63) is 45.1 Å². The van der Waals surface area contributed by atoms with Crippen LogP contribution in [0.5, 0.6) is 0 Å². The summed E-state index contributed by atoms with van der Waals surface area (Å²) in [5, 5.41) is 13.9. The number of halogens is 7. The van der Waals surface area contributed by atoms with Crippen molar-refractivity contribution in [3.63, 3.8) is 0 Å². The number of rotatable bonds is 2. The Balaban J connectivity index is 1.80. The predicted molar refractivity (Wildman–Crippen MR) is 100 cm³/mol. The summed E-state index contributed by atoms with van der Waals surface area (Å²) < 4.78 is 84.3. The fraction of sp³-hybridized carbons (Fsp3) is 0.235. The summed E-state index contributed by atoms with van der Waals surface area (Å²) in [6, 6.07) is 5.72. The van der Waals surface area contributed by atoms with Gasteiger partial charge in [-0.05, 0) is 24.3 Å². The van der Waals surface area contributed by atoms with Gasteiger partial charge in [0.15, 0.2) is 0 Å². The van der Waals surface area contributed by atoms with Gasteiger partial charge in [0.2, 0.25) is 5.13 Å². The molecule has 164 valence electrons. The van der Waals surface area contributed by atoms with Crippen LogP contribution in [0.4, 0.5) is 31.5 Å². The highest BCUT2D eigenvalue weighted by Crippen LogP contribution is 2.46. The molecule has 0 radical (unpaired) electrons. The fourth-order valence-corrected chi connectivity index (χ4v) is 3.90. The lowest BCUT2D eigenvalue weighted by atomic mass is 10.1. The third-order valence-electron chi connectivity index (χ3n) is 4.41. The first-order chi connectivity index (χ1) is 14.3. The first-order valence-corrected chi connectivity index (χ1v) is 9.49. The van der Waals surface area contributed by atoms with Crippen LogP contribution in [0.2, 0.25) is 5.02 Å². The van der Waals surface area contributed by atoms with Crippen molar-refractivity contribution >= 4 is 44.8 Å². The molecule has 0 bridgehead atoms. The highest BCUT2D eigenvalue weighted by atomic mass is 35.5. The van der Waals surface area contributed by atoms with E-state index in [-0.39, 0.29) is 21.8 Å². The number of aromatic nitrogens is 1. The van der Waals surface area contributed by atoms with Crippen LogP contribution < -0.4 is 10.6 Å². The molecule has 1 N–H and O–H groups in total. The zero-order chi connectivity index (χ0) is 22.8. The molecule has 0 saturated carbocycles. The van der Waals surface area contributed by atoms with E-state index in [1.807, 2.05) is 0 Å². The number of fused-ring (bicyclic) bond motifs is 1. The second-order valence-electron chi connectivity index (χ2n) is 6.49. The molecular formula is C17H8ClF6N3O3S. The molecule has 4 rings (SSSR count). The van der Waals surface area contributed by atoms with E-state index in [4.69, 9.17) is 16.0 Å². The molecule has 0 spiro atoms. The summed E-state index contributed by atoms with van der Waals surface area (Å²) >= 11 is 6.35. The minimum atomic E-state index is -5.48. The number of alkyl halides is 6. The Morgan fingerprint density at radius 1 is 1.19 bits per heavy atom. The minimum absolute atomic E-state index is 0.160. The van der Waals surface area contributed by atoms with Gasteiger partial charge in [0.1, 0.15) is 11.3 Å². The van der Waals surface area contributed by atoms with E-state index in [1.165, 1.54) is 24.3 Å². The lowest BCUT2D eigenvalue weighted by Gasteiger charge is -2.32. The Morgan fingerprint density at radius 2 is 1.90 bits per heavy atom. The van der Waals surface area contributed by atoms with Crippen LogP contribution in [0, 0.1) is 0 Å². The van der Waals surface area contributed by atoms with Gasteiger partial charge in [-0.3, -0.25) is 0 Å². The predicted octanol–water partition coefficient (Wildman–Crippen LogP) is 4.95. The van der Waals surface area contributed by atoms with Crippen LogP contribution in [-0.4, -0.2) is 33.9 Å². The molecule has 1 aliphatic rings. The number of benzene rings is 1. The van der Waals surface area contributed by atoms with Gasteiger partial charge in [0.25, 0.3) is 5.72 Å². The van der Waals surface area contributed by atoms with Gasteiger partial charge in [-0.25, -0.2) is 9.78 Å². The summed E-state index contributed by atoms with van der Waals surface area (Å²) in [6.07, 6.45) is -12.5. The maximum Gasteiger partial charge on any atom is 0.438 e. The fourth-order valence-electron chi connectivity index (χ4n) is 2.88. The van der Waals surface area contributed by atoms with E-state index >= 15 is 0 Å². The van der Waals surface area contributed by atoms with Gasteiger partial charge in [0.05, 0.1) is 17.7 Å². The minimum Gasteiger partial charge on any atom is -0.422 e. The summed E-state index contributed by atoms with van der Waals surface area (Å²) in [7, 11) is 0. The largest absolute Gasteiger partial charge is 0.438 e. The molecule has 0 unspecified atom stereocenters.